The van der Waals surface area contributed by atoms with Crippen LogP contribution in [0, 0.1) is 0 Å². The average Bonchev–Trinajstić information content (AvgIpc) is 2.15. The molecule has 0 aromatic heterocycles. The molecule has 0 saturated carbocycles. The summed E-state index contributed by atoms with van der Waals surface area (Å²) in [6.45, 7) is 4.30. The zero-order valence-corrected chi connectivity index (χ0v) is 9.88. The number of alkyl halides is 3. The van der Waals surface area contributed by atoms with Crippen LogP contribution in [0.15, 0.2) is 24.3 Å². The first-order chi connectivity index (χ1) is 7.73. The van der Waals surface area contributed by atoms with Crippen LogP contribution in [0.5, 0.6) is 0 Å². The third kappa shape index (κ3) is 3.22. The maximum Gasteiger partial charge on any atom is 0.485 e. The fraction of sp³-hybridized carbons (Fsp3) is 0.417. The summed E-state index contributed by atoms with van der Waals surface area (Å²) in [6, 6.07) is 4.73. The third-order valence-corrected chi connectivity index (χ3v) is 2.34. The van der Waals surface area contributed by atoms with Gasteiger partial charge in [-0.3, -0.25) is 9.69 Å². The molecule has 1 aromatic carbocycles. The van der Waals surface area contributed by atoms with E-state index in [0.29, 0.717) is 10.5 Å². The van der Waals surface area contributed by atoms with Crippen molar-refractivity contribution in [3.8, 4) is 0 Å². The molecule has 5 heteroatoms. The summed E-state index contributed by atoms with van der Waals surface area (Å²) in [6.07, 6.45) is -4.42. The van der Waals surface area contributed by atoms with Gasteiger partial charge in [-0.1, -0.05) is 0 Å². The van der Waals surface area contributed by atoms with E-state index in [1.807, 2.05) is 0 Å². The SMILES string of the molecule is CC(=O)c1ccc(N(C(C)C)C(F)(F)F)cc1. The molecule has 1 rings (SSSR count). The van der Waals surface area contributed by atoms with Gasteiger partial charge in [0.25, 0.3) is 0 Å². The van der Waals surface area contributed by atoms with Gasteiger partial charge in [-0.05, 0) is 45.0 Å². The average molecular weight is 245 g/mol. The molecular formula is C12H14F3NO. The first kappa shape index (κ1) is 13.5. The molecule has 0 heterocycles. The second kappa shape index (κ2) is 4.77. The smallest absolute Gasteiger partial charge is 0.295 e. The van der Waals surface area contributed by atoms with Crippen molar-refractivity contribution < 1.29 is 18.0 Å². The van der Waals surface area contributed by atoms with Crippen molar-refractivity contribution >= 4 is 11.5 Å². The van der Waals surface area contributed by atoms with E-state index in [2.05, 4.69) is 0 Å². The summed E-state index contributed by atoms with van der Waals surface area (Å²) < 4.78 is 38.3. The van der Waals surface area contributed by atoms with Crippen molar-refractivity contribution in [2.75, 3.05) is 4.90 Å². The molecule has 0 fully saturated rings. The maximum atomic E-state index is 12.8. The number of halogens is 3. The second-order valence-electron chi connectivity index (χ2n) is 4.03. The Morgan fingerprint density at radius 3 is 1.94 bits per heavy atom. The van der Waals surface area contributed by atoms with Crippen molar-refractivity contribution in [3.63, 3.8) is 0 Å². The number of carbonyl (C=O) groups is 1. The van der Waals surface area contributed by atoms with Crippen molar-refractivity contribution in [3.05, 3.63) is 29.8 Å². The number of rotatable bonds is 3. The number of hydrogen-bond acceptors (Lipinski definition) is 2. The highest BCUT2D eigenvalue weighted by Gasteiger charge is 2.39. The Kier molecular flexibility index (Phi) is 3.80. The van der Waals surface area contributed by atoms with Crippen molar-refractivity contribution in [1.29, 1.82) is 0 Å². The van der Waals surface area contributed by atoms with E-state index in [-0.39, 0.29) is 11.5 Å². The summed E-state index contributed by atoms with van der Waals surface area (Å²) in [7, 11) is 0. The molecule has 0 aliphatic carbocycles. The van der Waals surface area contributed by atoms with Gasteiger partial charge >= 0.3 is 6.30 Å². The minimum absolute atomic E-state index is 0.0394. The Hall–Kier alpha value is -1.52. The van der Waals surface area contributed by atoms with Crippen LogP contribution in [0.4, 0.5) is 18.9 Å². The van der Waals surface area contributed by atoms with E-state index >= 15 is 0 Å². The number of Topliss-reactive ketones (excluding diaryl/α,β-unsaturated/α-hetero) is 1. The van der Waals surface area contributed by atoms with Gasteiger partial charge in [0.15, 0.2) is 5.78 Å². The Labute approximate surface area is 98.0 Å². The van der Waals surface area contributed by atoms with E-state index in [1.54, 1.807) is 0 Å². The van der Waals surface area contributed by atoms with Crippen molar-refractivity contribution in [2.24, 2.45) is 0 Å². The Bertz CT molecular complexity index is 395. The van der Waals surface area contributed by atoms with Gasteiger partial charge in [0, 0.05) is 17.3 Å². The van der Waals surface area contributed by atoms with Gasteiger partial charge in [0.05, 0.1) is 0 Å². The van der Waals surface area contributed by atoms with Crippen LogP contribution in [0.25, 0.3) is 0 Å². The van der Waals surface area contributed by atoms with Crippen LogP contribution in [-0.4, -0.2) is 18.1 Å². The standard InChI is InChI=1S/C12H14F3NO/c1-8(2)16(12(13,14)15)11-6-4-10(5-7-11)9(3)17/h4-8H,1-3H3. The summed E-state index contributed by atoms with van der Waals surface area (Å²) in [5, 5.41) is 0. The number of anilines is 1. The van der Waals surface area contributed by atoms with E-state index < -0.39 is 12.3 Å². The van der Waals surface area contributed by atoms with Crippen LogP contribution < -0.4 is 4.90 Å². The molecule has 0 aliphatic rings. The second-order valence-corrected chi connectivity index (χ2v) is 4.03. The summed E-state index contributed by atoms with van der Waals surface area (Å²) >= 11 is 0. The molecule has 0 bridgehead atoms. The molecule has 0 N–H and O–H groups in total. The minimum Gasteiger partial charge on any atom is -0.295 e. The Balaban J connectivity index is 3.09. The fourth-order valence-corrected chi connectivity index (χ4v) is 1.59. The van der Waals surface area contributed by atoms with Crippen LogP contribution in [0.3, 0.4) is 0 Å². The maximum absolute atomic E-state index is 12.8. The molecule has 0 unspecified atom stereocenters. The van der Waals surface area contributed by atoms with Gasteiger partial charge < -0.3 is 0 Å². The molecule has 2 nitrogen and oxygen atoms in total. The van der Waals surface area contributed by atoms with E-state index in [4.69, 9.17) is 0 Å². The molecule has 94 valence electrons. The number of benzene rings is 1. The molecule has 0 amide bonds. The minimum atomic E-state index is -4.42. The number of carbonyl (C=O) groups excluding carboxylic acids is 1. The highest BCUT2D eigenvalue weighted by molar-refractivity contribution is 5.94. The molecule has 0 spiro atoms. The topological polar surface area (TPSA) is 20.3 Å². The highest BCUT2D eigenvalue weighted by Crippen LogP contribution is 2.30. The van der Waals surface area contributed by atoms with E-state index in [9.17, 15) is 18.0 Å². The van der Waals surface area contributed by atoms with Gasteiger partial charge in [-0.25, -0.2) is 0 Å². The highest BCUT2D eigenvalue weighted by atomic mass is 19.4. The molecule has 0 saturated heterocycles. The Morgan fingerprint density at radius 1 is 1.18 bits per heavy atom. The van der Waals surface area contributed by atoms with Gasteiger partial charge in [0.1, 0.15) is 0 Å². The normalized spacial score (nSPS) is 11.7. The Morgan fingerprint density at radius 2 is 1.65 bits per heavy atom. The lowest BCUT2D eigenvalue weighted by Gasteiger charge is -2.30. The third-order valence-electron chi connectivity index (χ3n) is 2.34. The quantitative estimate of drug-likeness (QED) is 0.598. The lowest BCUT2D eigenvalue weighted by molar-refractivity contribution is -0.133. The molecule has 0 aliphatic heterocycles. The van der Waals surface area contributed by atoms with Crippen LogP contribution in [-0.2, 0) is 0 Å². The number of hydrogen-bond donors (Lipinski definition) is 0. The van der Waals surface area contributed by atoms with Crippen molar-refractivity contribution in [1.82, 2.24) is 0 Å². The van der Waals surface area contributed by atoms with Gasteiger partial charge in [-0.2, -0.15) is 13.2 Å². The van der Waals surface area contributed by atoms with Gasteiger partial charge in [-0.15, -0.1) is 0 Å². The summed E-state index contributed by atoms with van der Waals surface area (Å²) in [5.41, 5.74) is 0.442. The molecule has 0 atom stereocenters. The zero-order chi connectivity index (χ0) is 13.2. The lowest BCUT2D eigenvalue weighted by Crippen LogP contribution is -2.43. The monoisotopic (exact) mass is 245 g/mol. The van der Waals surface area contributed by atoms with Crippen molar-refractivity contribution in [2.45, 2.75) is 33.1 Å². The summed E-state index contributed by atoms with van der Waals surface area (Å²) in [4.78, 5) is 11.4. The van der Waals surface area contributed by atoms with E-state index in [1.165, 1.54) is 45.0 Å². The lowest BCUT2D eigenvalue weighted by atomic mass is 10.1. The van der Waals surface area contributed by atoms with E-state index in [0.717, 1.165) is 0 Å². The molecule has 0 radical (unpaired) electrons. The number of nitrogens with zero attached hydrogens (tertiary/aromatic N) is 1. The predicted molar refractivity (Wildman–Crippen MR) is 60.1 cm³/mol. The predicted octanol–water partition coefficient (Wildman–Crippen LogP) is 3.62. The summed E-state index contributed by atoms with van der Waals surface area (Å²) in [5.74, 6) is -0.167. The van der Waals surface area contributed by atoms with Crippen LogP contribution >= 0.6 is 0 Å². The molecule has 17 heavy (non-hydrogen) atoms. The largest absolute Gasteiger partial charge is 0.485 e. The van der Waals surface area contributed by atoms with Crippen LogP contribution in [0.2, 0.25) is 0 Å². The first-order valence-corrected chi connectivity index (χ1v) is 5.20. The first-order valence-electron chi connectivity index (χ1n) is 5.20. The molecule has 1 aromatic rings. The number of ketones is 1. The fourth-order valence-electron chi connectivity index (χ4n) is 1.59. The van der Waals surface area contributed by atoms with Crippen LogP contribution in [0.1, 0.15) is 31.1 Å². The zero-order valence-electron chi connectivity index (χ0n) is 9.88. The van der Waals surface area contributed by atoms with Gasteiger partial charge in [0.2, 0.25) is 0 Å². The molecular weight excluding hydrogens is 231 g/mol.